The predicted molar refractivity (Wildman–Crippen MR) is 87.7 cm³/mol. The summed E-state index contributed by atoms with van der Waals surface area (Å²) < 4.78 is 5.80. The van der Waals surface area contributed by atoms with Gasteiger partial charge in [-0.3, -0.25) is 0 Å². The quantitative estimate of drug-likeness (QED) is 0.843. The summed E-state index contributed by atoms with van der Waals surface area (Å²) in [5.41, 5.74) is 3.19. The van der Waals surface area contributed by atoms with E-state index in [1.54, 1.807) is 18.2 Å². The van der Waals surface area contributed by atoms with Crippen LogP contribution < -0.4 is 10.1 Å². The van der Waals surface area contributed by atoms with Gasteiger partial charge in [0.2, 0.25) is 0 Å². The Balaban J connectivity index is 2.12. The lowest BCUT2D eigenvalue weighted by molar-refractivity contribution is 0.0697. The van der Waals surface area contributed by atoms with E-state index < -0.39 is 5.97 Å². The molecule has 0 aliphatic rings. The van der Waals surface area contributed by atoms with Gasteiger partial charge in [-0.05, 0) is 50.6 Å². The van der Waals surface area contributed by atoms with Crippen molar-refractivity contribution in [1.82, 2.24) is 0 Å². The number of benzene rings is 2. The number of carboxylic acid groups (broad SMARTS) is 1. The third kappa shape index (κ3) is 4.01. The predicted octanol–water partition coefficient (Wildman–Crippen LogP) is 4.09. The number of carboxylic acids is 1. The highest BCUT2D eigenvalue weighted by Gasteiger charge is 2.08. The van der Waals surface area contributed by atoms with Crippen molar-refractivity contribution in [3.63, 3.8) is 0 Å². The number of hydrogen-bond donors (Lipinski definition) is 2. The number of anilines is 1. The van der Waals surface area contributed by atoms with Gasteiger partial charge < -0.3 is 15.2 Å². The van der Waals surface area contributed by atoms with Crippen molar-refractivity contribution in [1.29, 1.82) is 0 Å². The van der Waals surface area contributed by atoms with E-state index in [1.165, 1.54) is 0 Å². The molecule has 0 bridgehead atoms. The molecule has 0 unspecified atom stereocenters. The maximum Gasteiger partial charge on any atom is 0.335 e. The molecule has 0 heterocycles. The molecule has 2 rings (SSSR count). The summed E-state index contributed by atoms with van der Waals surface area (Å²) in [5.74, 6) is -0.0462. The minimum absolute atomic E-state index is 0.123. The number of rotatable bonds is 6. The molecule has 0 saturated carbocycles. The van der Waals surface area contributed by atoms with E-state index in [-0.39, 0.29) is 6.10 Å². The topological polar surface area (TPSA) is 58.6 Å². The summed E-state index contributed by atoms with van der Waals surface area (Å²) in [6.07, 6.45) is 0.123. The molecule has 0 atom stereocenters. The first-order valence-corrected chi connectivity index (χ1v) is 7.29. The van der Waals surface area contributed by atoms with Crippen LogP contribution >= 0.6 is 0 Å². The van der Waals surface area contributed by atoms with Crippen molar-refractivity contribution >= 4 is 11.7 Å². The van der Waals surface area contributed by atoms with Gasteiger partial charge in [-0.15, -0.1) is 0 Å². The van der Waals surface area contributed by atoms with Gasteiger partial charge in [0.05, 0.1) is 11.7 Å². The lowest BCUT2D eigenvalue weighted by Gasteiger charge is -2.16. The van der Waals surface area contributed by atoms with Crippen molar-refractivity contribution < 1.29 is 14.6 Å². The first-order valence-electron chi connectivity index (χ1n) is 7.29. The average Bonchev–Trinajstić information content (AvgIpc) is 2.46. The summed E-state index contributed by atoms with van der Waals surface area (Å²) in [6, 6.07) is 13.0. The van der Waals surface area contributed by atoms with Crippen LogP contribution in [-0.2, 0) is 6.54 Å². The van der Waals surface area contributed by atoms with Crippen LogP contribution in [0.5, 0.6) is 5.75 Å². The van der Waals surface area contributed by atoms with Gasteiger partial charge in [-0.2, -0.15) is 0 Å². The fourth-order valence-electron chi connectivity index (χ4n) is 2.20. The fourth-order valence-corrected chi connectivity index (χ4v) is 2.20. The molecule has 2 N–H and O–H groups in total. The minimum atomic E-state index is -0.912. The Kier molecular flexibility index (Phi) is 5.04. The molecule has 22 heavy (non-hydrogen) atoms. The molecule has 2 aromatic carbocycles. The van der Waals surface area contributed by atoms with Gasteiger partial charge in [0.25, 0.3) is 0 Å². The van der Waals surface area contributed by atoms with Gasteiger partial charge in [0, 0.05) is 17.8 Å². The Morgan fingerprint density at radius 3 is 2.59 bits per heavy atom. The zero-order valence-corrected chi connectivity index (χ0v) is 13.1. The van der Waals surface area contributed by atoms with Gasteiger partial charge in [0.1, 0.15) is 5.75 Å². The number of hydrogen-bond acceptors (Lipinski definition) is 3. The maximum atomic E-state index is 11.0. The smallest absolute Gasteiger partial charge is 0.335 e. The van der Waals surface area contributed by atoms with Crippen molar-refractivity contribution in [2.75, 3.05) is 5.32 Å². The molecule has 116 valence electrons. The monoisotopic (exact) mass is 299 g/mol. The van der Waals surface area contributed by atoms with Crippen LogP contribution in [0.3, 0.4) is 0 Å². The number of nitrogens with one attached hydrogen (secondary N) is 1. The Morgan fingerprint density at radius 2 is 1.95 bits per heavy atom. The molecule has 4 nitrogen and oxygen atoms in total. The van der Waals surface area contributed by atoms with E-state index in [9.17, 15) is 4.79 Å². The largest absolute Gasteiger partial charge is 0.491 e. The molecular formula is C18H21NO3. The first-order chi connectivity index (χ1) is 10.5. The van der Waals surface area contributed by atoms with E-state index >= 15 is 0 Å². The summed E-state index contributed by atoms with van der Waals surface area (Å²) in [7, 11) is 0. The summed E-state index contributed by atoms with van der Waals surface area (Å²) in [5, 5.41) is 12.3. The summed E-state index contributed by atoms with van der Waals surface area (Å²) in [4.78, 5) is 11.0. The lowest BCUT2D eigenvalue weighted by Crippen LogP contribution is -2.09. The van der Waals surface area contributed by atoms with E-state index in [0.717, 1.165) is 22.6 Å². The Hall–Kier alpha value is -2.49. The standard InChI is InChI=1S/C18H21NO3/c1-12(2)22-17-7-5-4-6-15(17)11-19-16-9-8-14(18(20)21)10-13(16)3/h4-10,12,19H,11H2,1-3H3,(H,20,21). The minimum Gasteiger partial charge on any atom is -0.491 e. The number of para-hydroxylation sites is 1. The maximum absolute atomic E-state index is 11.0. The number of carbonyl (C=O) groups is 1. The highest BCUT2D eigenvalue weighted by atomic mass is 16.5. The highest BCUT2D eigenvalue weighted by Crippen LogP contribution is 2.22. The first kappa shape index (κ1) is 15.9. The normalized spacial score (nSPS) is 10.5. The van der Waals surface area contributed by atoms with Crippen LogP contribution in [0, 0.1) is 6.92 Å². The Labute approximate surface area is 130 Å². The third-order valence-corrected chi connectivity index (χ3v) is 3.28. The average molecular weight is 299 g/mol. The molecule has 0 fully saturated rings. The summed E-state index contributed by atoms with van der Waals surface area (Å²) in [6.45, 7) is 6.51. The molecule has 2 aromatic rings. The SMILES string of the molecule is Cc1cc(C(=O)O)ccc1NCc1ccccc1OC(C)C. The second-order valence-corrected chi connectivity index (χ2v) is 5.46. The zero-order chi connectivity index (χ0) is 16.1. The van der Waals surface area contributed by atoms with Gasteiger partial charge >= 0.3 is 5.97 Å². The fraction of sp³-hybridized carbons (Fsp3) is 0.278. The summed E-state index contributed by atoms with van der Waals surface area (Å²) >= 11 is 0. The number of aromatic carboxylic acids is 1. The van der Waals surface area contributed by atoms with Crippen LogP contribution in [0.25, 0.3) is 0 Å². The molecule has 0 saturated heterocycles. The molecule has 0 aliphatic heterocycles. The molecule has 0 amide bonds. The Morgan fingerprint density at radius 1 is 1.23 bits per heavy atom. The van der Waals surface area contributed by atoms with Crippen molar-refractivity contribution in [2.24, 2.45) is 0 Å². The van der Waals surface area contributed by atoms with Crippen LogP contribution in [0.15, 0.2) is 42.5 Å². The lowest BCUT2D eigenvalue weighted by atomic mass is 10.1. The van der Waals surface area contributed by atoms with Gasteiger partial charge in [0.15, 0.2) is 0 Å². The van der Waals surface area contributed by atoms with Crippen LogP contribution in [0.1, 0.15) is 35.3 Å². The van der Waals surface area contributed by atoms with Crippen LogP contribution in [0.4, 0.5) is 5.69 Å². The van der Waals surface area contributed by atoms with Crippen LogP contribution in [-0.4, -0.2) is 17.2 Å². The van der Waals surface area contributed by atoms with E-state index in [1.807, 2.05) is 45.0 Å². The zero-order valence-electron chi connectivity index (χ0n) is 13.1. The molecule has 0 aromatic heterocycles. The van der Waals surface area contributed by atoms with Crippen molar-refractivity contribution in [2.45, 2.75) is 33.4 Å². The second-order valence-electron chi connectivity index (χ2n) is 5.46. The molecule has 4 heteroatoms. The molecular weight excluding hydrogens is 278 g/mol. The van der Waals surface area contributed by atoms with Crippen molar-refractivity contribution in [3.8, 4) is 5.75 Å². The highest BCUT2D eigenvalue weighted by molar-refractivity contribution is 5.88. The van der Waals surface area contributed by atoms with Crippen LogP contribution in [0.2, 0.25) is 0 Å². The number of ether oxygens (including phenoxy) is 1. The van der Waals surface area contributed by atoms with Gasteiger partial charge in [-0.1, -0.05) is 18.2 Å². The van der Waals surface area contributed by atoms with Gasteiger partial charge in [-0.25, -0.2) is 4.79 Å². The number of aryl methyl sites for hydroxylation is 1. The van der Waals surface area contributed by atoms with E-state index in [2.05, 4.69) is 5.32 Å². The molecule has 0 radical (unpaired) electrons. The molecule has 0 spiro atoms. The van der Waals surface area contributed by atoms with E-state index in [4.69, 9.17) is 9.84 Å². The van der Waals surface area contributed by atoms with Crippen molar-refractivity contribution in [3.05, 3.63) is 59.2 Å². The third-order valence-electron chi connectivity index (χ3n) is 3.28. The Bertz CT molecular complexity index is 665. The molecule has 0 aliphatic carbocycles. The second kappa shape index (κ2) is 6.98. The van der Waals surface area contributed by atoms with E-state index in [0.29, 0.717) is 12.1 Å².